The van der Waals surface area contributed by atoms with Crippen LogP contribution in [0.1, 0.15) is 92.4 Å². The smallest absolute Gasteiger partial charge is 0.328 e. The minimum atomic E-state index is -1.72. The van der Waals surface area contributed by atoms with Crippen LogP contribution in [0.15, 0.2) is 4.99 Å². The van der Waals surface area contributed by atoms with Crippen molar-refractivity contribution in [2.24, 2.45) is 39.6 Å². The van der Waals surface area contributed by atoms with E-state index in [0.717, 1.165) is 6.92 Å². The summed E-state index contributed by atoms with van der Waals surface area (Å²) in [6.07, 6.45) is -1.69. The van der Waals surface area contributed by atoms with Crippen LogP contribution in [0.4, 0.5) is 0 Å². The van der Waals surface area contributed by atoms with Crippen molar-refractivity contribution in [3.8, 4) is 0 Å². The molecule has 1 heterocycles. The van der Waals surface area contributed by atoms with E-state index in [4.69, 9.17) is 28.7 Å². The SMILES string of the molecule is CC[C@H](C)[C@H](NC(=O)[C@H](CCC(N)=O)NC(=O)[C@@H](N)CCC(N)=O)C(=O)N[C@@H](CO)C(=O)N[C@@H](CCCN=C(N)N)C(=O)N[C@@H](C)C(=O)N1CCC[C@H]1C(=O)N[C@@H](C)C(=O)N[C@H](C(=O)O)[C@@H](C)O. The highest BCUT2D eigenvalue weighted by molar-refractivity contribution is 5.98. The summed E-state index contributed by atoms with van der Waals surface area (Å²) in [5.74, 6) is -11.0. The van der Waals surface area contributed by atoms with Crippen molar-refractivity contribution in [2.45, 2.75) is 153 Å². The minimum Gasteiger partial charge on any atom is -0.480 e. The lowest BCUT2D eigenvalue weighted by Crippen LogP contribution is -2.61. The van der Waals surface area contributed by atoms with Crippen LogP contribution in [-0.2, 0) is 52.7 Å². The van der Waals surface area contributed by atoms with Crippen LogP contribution in [-0.4, -0.2) is 171 Å². The lowest BCUT2D eigenvalue weighted by Gasteiger charge is -2.30. The van der Waals surface area contributed by atoms with E-state index in [-0.39, 0.29) is 64.0 Å². The van der Waals surface area contributed by atoms with E-state index in [0.29, 0.717) is 12.8 Å². The van der Waals surface area contributed by atoms with E-state index in [1.807, 2.05) is 0 Å². The highest BCUT2D eigenvalue weighted by Gasteiger charge is 2.39. The van der Waals surface area contributed by atoms with Crippen molar-refractivity contribution in [1.29, 1.82) is 0 Å². The fourth-order valence-corrected chi connectivity index (χ4v) is 6.69. The summed E-state index contributed by atoms with van der Waals surface area (Å²) >= 11 is 0. The average Bonchev–Trinajstić information content (AvgIpc) is 3.77. The molecule has 0 aromatic carbocycles. The third-order valence-electron chi connectivity index (χ3n) is 10.9. The monoisotopic (exact) mass is 971 g/mol. The molecule has 1 saturated heterocycles. The number of carbonyl (C=O) groups is 11. The first kappa shape index (κ1) is 59.3. The van der Waals surface area contributed by atoms with Gasteiger partial charge in [0.25, 0.3) is 0 Å². The Morgan fingerprint density at radius 3 is 1.74 bits per heavy atom. The first-order valence-electron chi connectivity index (χ1n) is 22.1. The van der Waals surface area contributed by atoms with Crippen molar-refractivity contribution >= 4 is 71.0 Å². The van der Waals surface area contributed by atoms with Gasteiger partial charge in [-0.1, -0.05) is 20.3 Å². The zero-order valence-electron chi connectivity index (χ0n) is 38.9. The molecule has 1 aliphatic heterocycles. The predicted molar refractivity (Wildman–Crippen MR) is 240 cm³/mol. The second-order valence-corrected chi connectivity index (χ2v) is 16.5. The summed E-state index contributed by atoms with van der Waals surface area (Å²) in [5.41, 5.74) is 27.1. The van der Waals surface area contributed by atoms with Gasteiger partial charge in [-0.05, 0) is 65.2 Å². The summed E-state index contributed by atoms with van der Waals surface area (Å²) in [6.45, 7) is 6.13. The van der Waals surface area contributed by atoms with Gasteiger partial charge < -0.3 is 86.1 Å². The molecule has 0 unspecified atom stereocenters. The summed E-state index contributed by atoms with van der Waals surface area (Å²) in [6, 6.07) is -12.6. The highest BCUT2D eigenvalue weighted by atomic mass is 16.4. The first-order valence-corrected chi connectivity index (χ1v) is 22.1. The summed E-state index contributed by atoms with van der Waals surface area (Å²) in [4.78, 5) is 146. The van der Waals surface area contributed by atoms with Crippen LogP contribution in [0, 0.1) is 5.92 Å². The molecule has 10 amide bonds. The Balaban J connectivity index is 3.23. The number of likely N-dealkylation sites (tertiary alicyclic amines) is 1. The number of primary amides is 2. The minimum absolute atomic E-state index is 0.00409. The molecule has 0 saturated carbocycles. The van der Waals surface area contributed by atoms with Gasteiger partial charge in [-0.3, -0.25) is 52.9 Å². The summed E-state index contributed by atoms with van der Waals surface area (Å²) in [7, 11) is 0. The number of hydrogen-bond donors (Lipinski definition) is 15. The Labute approximate surface area is 392 Å². The normalized spacial score (nSPS) is 17.6. The lowest BCUT2D eigenvalue weighted by atomic mass is 9.97. The van der Waals surface area contributed by atoms with Gasteiger partial charge in [0, 0.05) is 25.9 Å². The molecular formula is C40H70N14O14. The number of amides is 10. The van der Waals surface area contributed by atoms with E-state index in [9.17, 15) is 68.1 Å². The molecule has 0 bridgehead atoms. The van der Waals surface area contributed by atoms with Crippen LogP contribution in [0.5, 0.6) is 0 Å². The van der Waals surface area contributed by atoms with E-state index in [1.54, 1.807) is 13.8 Å². The van der Waals surface area contributed by atoms with Crippen LogP contribution in [0.2, 0.25) is 0 Å². The van der Waals surface area contributed by atoms with E-state index in [2.05, 4.69) is 42.2 Å². The fourth-order valence-electron chi connectivity index (χ4n) is 6.69. The van der Waals surface area contributed by atoms with Crippen LogP contribution >= 0.6 is 0 Å². The number of hydrogen-bond acceptors (Lipinski definition) is 15. The number of aliphatic imine (C=N–C) groups is 1. The molecule has 28 heteroatoms. The Morgan fingerprint density at radius 2 is 1.19 bits per heavy atom. The number of nitrogens with one attached hydrogen (secondary N) is 7. The molecule has 1 aliphatic rings. The summed E-state index contributed by atoms with van der Waals surface area (Å²) in [5, 5.41) is 46.0. The van der Waals surface area contributed by atoms with Crippen LogP contribution in [0.25, 0.3) is 0 Å². The number of nitrogens with zero attached hydrogens (tertiary/aromatic N) is 2. The maximum atomic E-state index is 13.7. The Kier molecular flexibility index (Phi) is 25.4. The third kappa shape index (κ3) is 20.0. The van der Waals surface area contributed by atoms with E-state index < -0.39 is 138 Å². The van der Waals surface area contributed by atoms with Gasteiger partial charge in [-0.2, -0.15) is 0 Å². The van der Waals surface area contributed by atoms with Gasteiger partial charge in [0.1, 0.15) is 42.3 Å². The molecular weight excluding hydrogens is 901 g/mol. The van der Waals surface area contributed by atoms with Gasteiger partial charge in [0.2, 0.25) is 59.1 Å². The Bertz CT molecular complexity index is 1850. The highest BCUT2D eigenvalue weighted by Crippen LogP contribution is 2.19. The quantitative estimate of drug-likeness (QED) is 0.0181. The molecule has 0 aromatic rings. The number of rotatable bonds is 30. The maximum absolute atomic E-state index is 13.7. The number of guanidine groups is 1. The van der Waals surface area contributed by atoms with Gasteiger partial charge >= 0.3 is 5.97 Å². The number of carboxylic acids is 1. The second kappa shape index (κ2) is 29.2. The van der Waals surface area contributed by atoms with Crippen LogP contribution in [0.3, 0.4) is 0 Å². The Morgan fingerprint density at radius 1 is 0.662 bits per heavy atom. The lowest BCUT2D eigenvalue weighted by molar-refractivity contribution is -0.145. The number of carbonyl (C=O) groups excluding carboxylic acids is 10. The molecule has 0 aliphatic carbocycles. The molecule has 1 fully saturated rings. The van der Waals surface area contributed by atoms with Crippen molar-refractivity contribution in [3.63, 3.8) is 0 Å². The van der Waals surface area contributed by atoms with E-state index >= 15 is 0 Å². The largest absolute Gasteiger partial charge is 0.480 e. The first-order chi connectivity index (χ1) is 31.7. The number of carboxylic acid groups (broad SMARTS) is 1. The van der Waals surface area contributed by atoms with Crippen molar-refractivity contribution in [3.05, 3.63) is 0 Å². The summed E-state index contributed by atoms with van der Waals surface area (Å²) < 4.78 is 0. The standard InChI is InChI=1S/C40H70N14O14/c1-6-18(2)29(52-34(62)24(12-14-28(43)58)49-32(60)22(41)11-13-27(42)57)37(65)51-25(17-55)35(63)50-23(9-7-15-46-40(44)45)33(61)48-20(4)38(66)54-16-8-10-26(54)36(64)47-19(3)31(59)53-30(21(5)56)39(67)68/h18-26,29-30,55-56H,6-17,41H2,1-5H3,(H2,42,57)(H2,43,58)(H,47,64)(H,48,61)(H,49,60)(H,50,63)(H,51,65)(H,52,62)(H,53,59)(H,67,68)(H4,44,45,46)/t18-,19-,20-,21+,22-,23-,24-,25-,26-,29-,30-/m0/s1. The molecule has 28 nitrogen and oxygen atoms in total. The Hall–Kier alpha value is -6.68. The molecule has 20 N–H and O–H groups in total. The topological polar surface area (TPSA) is 478 Å². The zero-order chi connectivity index (χ0) is 52.0. The number of nitrogens with two attached hydrogens (primary N) is 5. The van der Waals surface area contributed by atoms with Gasteiger partial charge in [0.15, 0.2) is 12.0 Å². The van der Waals surface area contributed by atoms with Gasteiger partial charge in [-0.25, -0.2) is 4.79 Å². The number of aliphatic carboxylic acids is 1. The van der Waals surface area contributed by atoms with E-state index in [1.165, 1.54) is 18.7 Å². The molecule has 0 aromatic heterocycles. The van der Waals surface area contributed by atoms with Crippen molar-refractivity contribution in [1.82, 2.24) is 42.1 Å². The number of aliphatic hydroxyl groups is 2. The molecule has 0 spiro atoms. The zero-order valence-corrected chi connectivity index (χ0v) is 38.9. The third-order valence-corrected chi connectivity index (χ3v) is 10.9. The molecule has 1 rings (SSSR count). The molecule has 384 valence electrons. The van der Waals surface area contributed by atoms with Gasteiger partial charge in [-0.15, -0.1) is 0 Å². The predicted octanol–water partition coefficient (Wildman–Crippen LogP) is -7.17. The molecule has 0 radical (unpaired) electrons. The molecule has 68 heavy (non-hydrogen) atoms. The molecule has 11 atom stereocenters. The van der Waals surface area contributed by atoms with Crippen molar-refractivity contribution < 1.29 is 68.1 Å². The maximum Gasteiger partial charge on any atom is 0.328 e. The second-order valence-electron chi connectivity index (χ2n) is 16.5. The average molecular weight is 971 g/mol. The van der Waals surface area contributed by atoms with Gasteiger partial charge in [0.05, 0.1) is 18.8 Å². The fraction of sp³-hybridized carbons (Fsp3) is 0.700. The van der Waals surface area contributed by atoms with Crippen molar-refractivity contribution in [2.75, 3.05) is 19.7 Å². The number of aliphatic hydroxyl groups excluding tert-OH is 2. The van der Waals surface area contributed by atoms with Crippen LogP contribution < -0.4 is 65.9 Å².